The molecule has 1 aromatic carbocycles. The lowest BCUT2D eigenvalue weighted by atomic mass is 10.1. The number of amides is 1. The van der Waals surface area contributed by atoms with Gasteiger partial charge in [-0.1, -0.05) is 37.3 Å². The molecular weight excluding hydrogens is 332 g/mol. The molecule has 0 radical (unpaired) electrons. The lowest BCUT2D eigenvalue weighted by molar-refractivity contribution is -0.125. The van der Waals surface area contributed by atoms with Gasteiger partial charge in [-0.15, -0.1) is 0 Å². The number of carbonyl (C=O) groups excluding carboxylic acids is 2. The van der Waals surface area contributed by atoms with Crippen LogP contribution in [0.3, 0.4) is 0 Å². The Labute approximate surface area is 146 Å². The van der Waals surface area contributed by atoms with Gasteiger partial charge in [-0.25, -0.2) is 4.79 Å². The maximum atomic E-state index is 12.2. The van der Waals surface area contributed by atoms with Crippen LogP contribution >= 0.6 is 11.6 Å². The molecular formula is C17H23ClN2O4. The van der Waals surface area contributed by atoms with Crippen LogP contribution in [-0.2, 0) is 9.53 Å². The molecule has 1 aromatic rings. The van der Waals surface area contributed by atoms with Gasteiger partial charge in [0.25, 0.3) is 5.91 Å². The second kappa shape index (κ2) is 8.78. The molecule has 0 heterocycles. The van der Waals surface area contributed by atoms with Crippen LogP contribution in [0.1, 0.15) is 48.9 Å². The smallest absolute Gasteiger partial charge is 0.342 e. The van der Waals surface area contributed by atoms with Crippen LogP contribution in [0.25, 0.3) is 0 Å². The van der Waals surface area contributed by atoms with Crippen LogP contribution in [0.2, 0.25) is 5.02 Å². The van der Waals surface area contributed by atoms with E-state index in [0.717, 1.165) is 25.7 Å². The molecule has 1 amide bonds. The first-order valence-electron chi connectivity index (χ1n) is 8.10. The summed E-state index contributed by atoms with van der Waals surface area (Å²) in [5.74, 6) is -0.716. The van der Waals surface area contributed by atoms with E-state index < -0.39 is 5.97 Å². The predicted molar refractivity (Wildman–Crippen MR) is 92.3 cm³/mol. The van der Waals surface area contributed by atoms with Gasteiger partial charge < -0.3 is 20.5 Å². The van der Waals surface area contributed by atoms with E-state index in [1.54, 1.807) is 0 Å². The molecule has 7 heteroatoms. The van der Waals surface area contributed by atoms with Gasteiger partial charge in [-0.3, -0.25) is 4.79 Å². The summed E-state index contributed by atoms with van der Waals surface area (Å²) in [6.07, 6.45) is 6.60. The van der Waals surface area contributed by atoms with Crippen molar-refractivity contribution in [2.45, 2.75) is 44.6 Å². The first-order valence-corrected chi connectivity index (χ1v) is 8.48. The zero-order chi connectivity index (χ0) is 17.5. The van der Waals surface area contributed by atoms with Crippen LogP contribution < -0.4 is 15.8 Å². The summed E-state index contributed by atoms with van der Waals surface area (Å²) in [7, 11) is 1.41. The minimum Gasteiger partial charge on any atom is -0.496 e. The number of benzene rings is 1. The largest absolute Gasteiger partial charge is 0.496 e. The van der Waals surface area contributed by atoms with E-state index in [9.17, 15) is 9.59 Å². The van der Waals surface area contributed by atoms with Crippen molar-refractivity contribution in [3.8, 4) is 5.75 Å². The van der Waals surface area contributed by atoms with Gasteiger partial charge in [0.15, 0.2) is 6.61 Å². The second-order valence-electron chi connectivity index (χ2n) is 5.91. The number of nitrogen functional groups attached to an aromatic ring is 1. The number of anilines is 1. The van der Waals surface area contributed by atoms with E-state index in [-0.39, 0.29) is 34.9 Å². The van der Waals surface area contributed by atoms with Crippen molar-refractivity contribution < 1.29 is 19.1 Å². The van der Waals surface area contributed by atoms with Crippen LogP contribution in [0.15, 0.2) is 12.1 Å². The molecule has 0 bridgehead atoms. The number of halogens is 1. The molecule has 0 atom stereocenters. The van der Waals surface area contributed by atoms with Crippen molar-refractivity contribution in [1.82, 2.24) is 5.32 Å². The van der Waals surface area contributed by atoms with Crippen LogP contribution in [0.5, 0.6) is 5.75 Å². The highest BCUT2D eigenvalue weighted by atomic mass is 35.5. The third kappa shape index (κ3) is 5.03. The van der Waals surface area contributed by atoms with Gasteiger partial charge in [0, 0.05) is 12.1 Å². The molecule has 1 fully saturated rings. The summed E-state index contributed by atoms with van der Waals surface area (Å²) in [5, 5.41) is 3.15. The summed E-state index contributed by atoms with van der Waals surface area (Å²) in [5.41, 5.74) is 6.12. The topological polar surface area (TPSA) is 90.7 Å². The van der Waals surface area contributed by atoms with Crippen molar-refractivity contribution in [2.24, 2.45) is 0 Å². The SMILES string of the molecule is COc1cc(N)c(Cl)cc1C(=O)OCC(=O)NC1CCCCCC1. The summed E-state index contributed by atoms with van der Waals surface area (Å²) in [4.78, 5) is 24.1. The molecule has 0 aliphatic heterocycles. The average molecular weight is 355 g/mol. The lowest BCUT2D eigenvalue weighted by Gasteiger charge is -2.16. The van der Waals surface area contributed by atoms with Crippen molar-refractivity contribution in [1.29, 1.82) is 0 Å². The number of esters is 1. The third-order valence-corrected chi connectivity index (χ3v) is 4.42. The Morgan fingerprint density at radius 2 is 1.92 bits per heavy atom. The maximum Gasteiger partial charge on any atom is 0.342 e. The maximum absolute atomic E-state index is 12.2. The Bertz CT molecular complexity index is 598. The van der Waals surface area contributed by atoms with Gasteiger partial charge in [0.05, 0.1) is 17.8 Å². The van der Waals surface area contributed by atoms with Gasteiger partial charge in [0.1, 0.15) is 11.3 Å². The van der Waals surface area contributed by atoms with E-state index >= 15 is 0 Å². The Balaban J connectivity index is 1.90. The molecule has 0 saturated heterocycles. The van der Waals surface area contributed by atoms with Gasteiger partial charge in [-0.05, 0) is 18.9 Å². The minimum atomic E-state index is -0.676. The third-order valence-electron chi connectivity index (χ3n) is 4.09. The first-order chi connectivity index (χ1) is 11.5. The number of nitrogens with two attached hydrogens (primary N) is 1. The highest BCUT2D eigenvalue weighted by Crippen LogP contribution is 2.29. The van der Waals surface area contributed by atoms with Crippen LogP contribution in [0, 0.1) is 0 Å². The Morgan fingerprint density at radius 3 is 2.54 bits per heavy atom. The second-order valence-corrected chi connectivity index (χ2v) is 6.31. The highest BCUT2D eigenvalue weighted by molar-refractivity contribution is 6.33. The van der Waals surface area contributed by atoms with Gasteiger partial charge in [0.2, 0.25) is 0 Å². The zero-order valence-electron chi connectivity index (χ0n) is 13.8. The molecule has 0 aromatic heterocycles. The summed E-state index contributed by atoms with van der Waals surface area (Å²) < 4.78 is 10.2. The minimum absolute atomic E-state index is 0.138. The molecule has 1 aliphatic rings. The van der Waals surface area contributed by atoms with E-state index in [2.05, 4.69) is 5.32 Å². The molecule has 2 rings (SSSR count). The molecule has 3 N–H and O–H groups in total. The van der Waals surface area contributed by atoms with Crippen LogP contribution in [0.4, 0.5) is 5.69 Å². The number of carbonyl (C=O) groups is 2. The number of rotatable bonds is 5. The van der Waals surface area contributed by atoms with Gasteiger partial charge in [-0.2, -0.15) is 0 Å². The van der Waals surface area contributed by atoms with Crippen molar-refractivity contribution in [3.63, 3.8) is 0 Å². The Hall–Kier alpha value is -1.95. The average Bonchev–Trinajstić information content (AvgIpc) is 2.83. The molecule has 1 saturated carbocycles. The number of hydrogen-bond acceptors (Lipinski definition) is 5. The fraction of sp³-hybridized carbons (Fsp3) is 0.529. The van der Waals surface area contributed by atoms with E-state index in [1.165, 1.54) is 32.1 Å². The lowest BCUT2D eigenvalue weighted by Crippen LogP contribution is -2.37. The van der Waals surface area contributed by atoms with E-state index in [1.807, 2.05) is 0 Å². The number of hydrogen-bond donors (Lipinski definition) is 2. The molecule has 6 nitrogen and oxygen atoms in total. The van der Waals surface area contributed by atoms with Gasteiger partial charge >= 0.3 is 5.97 Å². The Kier molecular flexibility index (Phi) is 6.73. The van der Waals surface area contributed by atoms with Crippen molar-refractivity contribution in [2.75, 3.05) is 19.5 Å². The van der Waals surface area contributed by atoms with E-state index in [0.29, 0.717) is 5.69 Å². The number of nitrogens with one attached hydrogen (secondary N) is 1. The monoisotopic (exact) mass is 354 g/mol. The highest BCUT2D eigenvalue weighted by Gasteiger charge is 2.19. The predicted octanol–water partition coefficient (Wildman–Crippen LogP) is 2.93. The summed E-state index contributed by atoms with van der Waals surface area (Å²) in [6.45, 7) is -0.333. The standard InChI is InChI=1S/C17H23ClN2O4/c1-23-15-9-14(19)13(18)8-12(15)17(22)24-10-16(21)20-11-6-4-2-3-5-7-11/h8-9,11H,2-7,10,19H2,1H3,(H,20,21). The Morgan fingerprint density at radius 1 is 1.25 bits per heavy atom. The fourth-order valence-corrected chi connectivity index (χ4v) is 2.96. The number of methoxy groups -OCH3 is 1. The molecule has 0 unspecified atom stereocenters. The van der Waals surface area contributed by atoms with Crippen LogP contribution in [-0.4, -0.2) is 31.6 Å². The number of ether oxygens (including phenoxy) is 2. The quantitative estimate of drug-likeness (QED) is 0.482. The van der Waals surface area contributed by atoms with Crippen molar-refractivity contribution >= 4 is 29.2 Å². The molecule has 0 spiro atoms. The molecule has 132 valence electrons. The fourth-order valence-electron chi connectivity index (χ4n) is 2.80. The zero-order valence-corrected chi connectivity index (χ0v) is 14.5. The normalized spacial score (nSPS) is 15.4. The summed E-state index contributed by atoms with van der Waals surface area (Å²) >= 11 is 5.93. The summed E-state index contributed by atoms with van der Waals surface area (Å²) in [6, 6.07) is 2.99. The molecule has 24 heavy (non-hydrogen) atoms. The van der Waals surface area contributed by atoms with E-state index in [4.69, 9.17) is 26.8 Å². The van der Waals surface area contributed by atoms with Crippen molar-refractivity contribution in [3.05, 3.63) is 22.7 Å². The first kappa shape index (κ1) is 18.4. The molecule has 1 aliphatic carbocycles.